The van der Waals surface area contributed by atoms with Crippen molar-refractivity contribution < 1.29 is 28.2 Å². The SMILES string of the molecule is O=C(O)CCN(c1cccc(C(=O)O)c1)S(=O)(=O)c1ccc(Cl)c(Cl)c1. The van der Waals surface area contributed by atoms with Crippen molar-refractivity contribution in [3.63, 3.8) is 0 Å². The number of anilines is 1. The van der Waals surface area contributed by atoms with Gasteiger partial charge in [0.15, 0.2) is 0 Å². The van der Waals surface area contributed by atoms with Gasteiger partial charge in [0.25, 0.3) is 10.0 Å². The second-order valence-corrected chi connectivity index (χ2v) is 7.83. The average Bonchev–Trinajstić information content (AvgIpc) is 2.57. The second-order valence-electron chi connectivity index (χ2n) is 5.15. The highest BCUT2D eigenvalue weighted by Gasteiger charge is 2.26. The van der Waals surface area contributed by atoms with Crippen molar-refractivity contribution >= 4 is 50.9 Å². The number of hydrogen-bond donors (Lipinski definition) is 2. The number of carbonyl (C=O) groups is 2. The molecule has 0 spiro atoms. The topological polar surface area (TPSA) is 112 Å². The molecule has 138 valence electrons. The molecular weight excluding hydrogens is 405 g/mol. The molecule has 0 aliphatic heterocycles. The Kier molecular flexibility index (Phi) is 6.12. The molecule has 0 amide bonds. The van der Waals surface area contributed by atoms with Crippen LogP contribution in [0.5, 0.6) is 0 Å². The number of aromatic carboxylic acids is 1. The summed E-state index contributed by atoms with van der Waals surface area (Å²) in [6.07, 6.45) is -0.474. The Morgan fingerprint density at radius 2 is 1.69 bits per heavy atom. The highest BCUT2D eigenvalue weighted by molar-refractivity contribution is 7.92. The van der Waals surface area contributed by atoms with Gasteiger partial charge >= 0.3 is 11.9 Å². The Hall–Kier alpha value is -2.29. The average molecular weight is 418 g/mol. The molecule has 2 aromatic rings. The van der Waals surface area contributed by atoms with Gasteiger partial charge in [-0.25, -0.2) is 13.2 Å². The lowest BCUT2D eigenvalue weighted by atomic mass is 10.2. The summed E-state index contributed by atoms with van der Waals surface area (Å²) in [4.78, 5) is 21.9. The number of carboxylic acids is 2. The molecule has 0 heterocycles. The molecule has 0 atom stereocenters. The molecule has 0 aliphatic rings. The quantitative estimate of drug-likeness (QED) is 0.713. The van der Waals surface area contributed by atoms with E-state index in [4.69, 9.17) is 33.4 Å². The molecule has 0 saturated carbocycles. The number of nitrogens with zero attached hydrogens (tertiary/aromatic N) is 1. The zero-order valence-corrected chi connectivity index (χ0v) is 15.4. The van der Waals surface area contributed by atoms with Crippen LogP contribution in [-0.2, 0) is 14.8 Å². The first kappa shape index (κ1) is 20.0. The lowest BCUT2D eigenvalue weighted by Gasteiger charge is -2.24. The summed E-state index contributed by atoms with van der Waals surface area (Å²) in [5.41, 5.74) is -0.107. The van der Waals surface area contributed by atoms with E-state index in [1.807, 2.05) is 0 Å². The molecule has 0 unspecified atom stereocenters. The van der Waals surface area contributed by atoms with E-state index in [1.165, 1.54) is 30.3 Å². The third kappa shape index (κ3) is 4.46. The van der Waals surface area contributed by atoms with Crippen LogP contribution >= 0.6 is 23.2 Å². The molecule has 2 aromatic carbocycles. The summed E-state index contributed by atoms with van der Waals surface area (Å²) in [6, 6.07) is 8.89. The van der Waals surface area contributed by atoms with Crippen LogP contribution in [0.2, 0.25) is 10.0 Å². The monoisotopic (exact) mass is 417 g/mol. The second kappa shape index (κ2) is 7.94. The van der Waals surface area contributed by atoms with Crippen LogP contribution in [0.1, 0.15) is 16.8 Å². The van der Waals surface area contributed by atoms with E-state index in [2.05, 4.69) is 0 Å². The van der Waals surface area contributed by atoms with Crippen LogP contribution < -0.4 is 4.31 Å². The summed E-state index contributed by atoms with van der Waals surface area (Å²) in [7, 11) is -4.20. The maximum absolute atomic E-state index is 13.0. The lowest BCUT2D eigenvalue weighted by Crippen LogP contribution is -2.33. The number of sulfonamides is 1. The number of halogens is 2. The highest BCUT2D eigenvalue weighted by atomic mass is 35.5. The third-order valence-electron chi connectivity index (χ3n) is 3.39. The van der Waals surface area contributed by atoms with E-state index in [1.54, 1.807) is 0 Å². The van der Waals surface area contributed by atoms with Crippen molar-refractivity contribution in [1.29, 1.82) is 0 Å². The van der Waals surface area contributed by atoms with Crippen molar-refractivity contribution in [3.8, 4) is 0 Å². The van der Waals surface area contributed by atoms with Gasteiger partial charge in [0.05, 0.1) is 32.6 Å². The van der Waals surface area contributed by atoms with E-state index in [0.29, 0.717) is 0 Å². The highest BCUT2D eigenvalue weighted by Crippen LogP contribution is 2.29. The molecule has 0 bridgehead atoms. The summed E-state index contributed by atoms with van der Waals surface area (Å²) < 4.78 is 26.8. The predicted molar refractivity (Wildman–Crippen MR) is 96.6 cm³/mol. The van der Waals surface area contributed by atoms with E-state index in [0.717, 1.165) is 16.4 Å². The van der Waals surface area contributed by atoms with E-state index < -0.39 is 28.4 Å². The molecular formula is C16H13Cl2NO6S. The number of aliphatic carboxylic acids is 1. The summed E-state index contributed by atoms with van der Waals surface area (Å²) >= 11 is 11.7. The molecule has 2 rings (SSSR count). The van der Waals surface area contributed by atoms with Crippen LogP contribution in [0.3, 0.4) is 0 Å². The standard InChI is InChI=1S/C16H13Cl2NO6S/c17-13-5-4-12(9-14(13)18)26(24,25)19(7-6-15(20)21)11-3-1-2-10(8-11)16(22)23/h1-5,8-9H,6-7H2,(H,20,21)(H,22,23). The van der Waals surface area contributed by atoms with E-state index >= 15 is 0 Å². The van der Waals surface area contributed by atoms with Gasteiger partial charge in [0, 0.05) is 6.54 Å². The number of rotatable bonds is 7. The summed E-state index contributed by atoms with van der Waals surface area (Å²) in [5, 5.41) is 18.2. The minimum atomic E-state index is -4.20. The number of carboxylic acid groups (broad SMARTS) is 2. The van der Waals surface area contributed by atoms with Crippen LogP contribution in [0.25, 0.3) is 0 Å². The molecule has 0 aliphatic carbocycles. The maximum atomic E-state index is 13.0. The van der Waals surface area contributed by atoms with Crippen LogP contribution in [0.15, 0.2) is 47.4 Å². The van der Waals surface area contributed by atoms with Crippen molar-refractivity contribution in [2.75, 3.05) is 10.8 Å². The Balaban J connectivity index is 2.56. The first-order valence-electron chi connectivity index (χ1n) is 7.16. The van der Waals surface area contributed by atoms with Gasteiger partial charge in [0.2, 0.25) is 0 Å². The predicted octanol–water partition coefficient (Wildman–Crippen LogP) is 3.36. The Bertz CT molecular complexity index is 961. The Labute approximate surface area is 159 Å². The van der Waals surface area contributed by atoms with Crippen LogP contribution in [-0.4, -0.2) is 37.1 Å². The first-order chi connectivity index (χ1) is 12.1. The van der Waals surface area contributed by atoms with Crippen molar-refractivity contribution in [2.24, 2.45) is 0 Å². The van der Waals surface area contributed by atoms with E-state index in [9.17, 15) is 18.0 Å². The van der Waals surface area contributed by atoms with Gasteiger partial charge in [-0.3, -0.25) is 9.10 Å². The van der Waals surface area contributed by atoms with Crippen LogP contribution in [0, 0.1) is 0 Å². The molecule has 2 N–H and O–H groups in total. The van der Waals surface area contributed by atoms with Crippen LogP contribution in [0.4, 0.5) is 5.69 Å². The number of benzene rings is 2. The van der Waals surface area contributed by atoms with Gasteiger partial charge < -0.3 is 10.2 Å². The zero-order valence-electron chi connectivity index (χ0n) is 13.1. The largest absolute Gasteiger partial charge is 0.481 e. The fraction of sp³-hybridized carbons (Fsp3) is 0.125. The zero-order chi connectivity index (χ0) is 19.5. The third-order valence-corrected chi connectivity index (χ3v) is 5.95. The molecule has 26 heavy (non-hydrogen) atoms. The van der Waals surface area contributed by atoms with Crippen molar-refractivity contribution in [1.82, 2.24) is 0 Å². The summed E-state index contributed by atoms with van der Waals surface area (Å²) in [5.74, 6) is -2.44. The molecule has 0 radical (unpaired) electrons. The van der Waals surface area contributed by atoms with Crippen molar-refractivity contribution in [3.05, 3.63) is 58.1 Å². The Morgan fingerprint density at radius 1 is 1.00 bits per heavy atom. The van der Waals surface area contributed by atoms with E-state index in [-0.39, 0.29) is 32.7 Å². The lowest BCUT2D eigenvalue weighted by molar-refractivity contribution is -0.136. The number of hydrogen-bond acceptors (Lipinski definition) is 4. The minimum absolute atomic E-state index is 0.0187. The van der Waals surface area contributed by atoms with Gasteiger partial charge in [0.1, 0.15) is 0 Å². The Morgan fingerprint density at radius 3 is 2.27 bits per heavy atom. The van der Waals surface area contributed by atoms with Gasteiger partial charge in [-0.15, -0.1) is 0 Å². The fourth-order valence-corrected chi connectivity index (χ4v) is 3.99. The van der Waals surface area contributed by atoms with Crippen molar-refractivity contribution in [2.45, 2.75) is 11.3 Å². The molecule has 0 aromatic heterocycles. The van der Waals surface area contributed by atoms with Gasteiger partial charge in [-0.05, 0) is 36.4 Å². The molecule has 10 heteroatoms. The fourth-order valence-electron chi connectivity index (χ4n) is 2.14. The summed E-state index contributed by atoms with van der Waals surface area (Å²) in [6.45, 7) is -0.388. The normalized spacial score (nSPS) is 11.2. The molecule has 0 fully saturated rings. The van der Waals surface area contributed by atoms with Gasteiger partial charge in [-0.1, -0.05) is 29.3 Å². The minimum Gasteiger partial charge on any atom is -0.481 e. The smallest absolute Gasteiger partial charge is 0.335 e. The molecule has 0 saturated heterocycles. The first-order valence-corrected chi connectivity index (χ1v) is 9.35. The molecule has 7 nitrogen and oxygen atoms in total. The van der Waals surface area contributed by atoms with Gasteiger partial charge in [-0.2, -0.15) is 0 Å². The maximum Gasteiger partial charge on any atom is 0.335 e.